The molecule has 1 aromatic carbocycles. The van der Waals surface area contributed by atoms with Crippen molar-refractivity contribution in [1.29, 1.82) is 0 Å². The van der Waals surface area contributed by atoms with E-state index < -0.39 is 17.0 Å². The van der Waals surface area contributed by atoms with Crippen molar-refractivity contribution in [2.75, 3.05) is 0 Å². The molecule has 1 saturated carbocycles. The number of rotatable bonds is 6. The van der Waals surface area contributed by atoms with Gasteiger partial charge in [-0.05, 0) is 43.5 Å². The predicted molar refractivity (Wildman–Crippen MR) is 78.8 cm³/mol. The highest BCUT2D eigenvalue weighted by Gasteiger charge is 2.26. The molecule has 0 saturated heterocycles. The molecular weight excluding hydrogens is 288 g/mol. The van der Waals surface area contributed by atoms with Gasteiger partial charge in [-0.25, -0.2) is 4.79 Å². The van der Waals surface area contributed by atoms with Crippen molar-refractivity contribution in [3.8, 4) is 0 Å². The van der Waals surface area contributed by atoms with Crippen LogP contribution in [0.25, 0.3) is 6.08 Å². The monoisotopic (exact) mass is 304 g/mol. The van der Waals surface area contributed by atoms with Gasteiger partial charge in [-0.15, -0.1) is 0 Å². The van der Waals surface area contributed by atoms with Crippen molar-refractivity contribution in [2.24, 2.45) is 0 Å². The van der Waals surface area contributed by atoms with Crippen LogP contribution in [-0.4, -0.2) is 28.9 Å². The molecule has 1 aromatic rings. The van der Waals surface area contributed by atoms with Crippen LogP contribution in [-0.2, 0) is 14.3 Å². The van der Waals surface area contributed by atoms with Gasteiger partial charge in [0, 0.05) is 24.3 Å². The summed E-state index contributed by atoms with van der Waals surface area (Å²) in [7, 11) is 0. The lowest BCUT2D eigenvalue weighted by molar-refractivity contribution is -0.384. The Balaban J connectivity index is 1.84. The highest BCUT2D eigenvalue weighted by molar-refractivity contribution is 5.90. The van der Waals surface area contributed by atoms with Gasteiger partial charge in [0.05, 0.1) is 4.92 Å². The fourth-order valence-electron chi connectivity index (χ4n) is 1.68. The molecule has 1 aliphatic carbocycles. The lowest BCUT2D eigenvalue weighted by Crippen LogP contribution is -2.36. The molecule has 0 unspecified atom stereocenters. The number of hydrogen-bond acceptors (Lipinski definition) is 5. The fraction of sp³-hybridized carbons (Fsp3) is 0.333. The second-order valence-corrected chi connectivity index (χ2v) is 5.04. The molecule has 1 fully saturated rings. The predicted octanol–water partition coefficient (Wildman–Crippen LogP) is 1.82. The summed E-state index contributed by atoms with van der Waals surface area (Å²) in [5.41, 5.74) is 0.600. The zero-order chi connectivity index (χ0) is 16.1. The first-order valence-corrected chi connectivity index (χ1v) is 6.89. The first-order chi connectivity index (χ1) is 10.5. The van der Waals surface area contributed by atoms with Crippen LogP contribution < -0.4 is 5.32 Å². The van der Waals surface area contributed by atoms with Gasteiger partial charge in [-0.2, -0.15) is 0 Å². The molecule has 0 heterocycles. The third kappa shape index (κ3) is 4.69. The molecule has 0 bridgehead atoms. The van der Waals surface area contributed by atoms with Crippen LogP contribution >= 0.6 is 0 Å². The van der Waals surface area contributed by atoms with Crippen molar-refractivity contribution < 1.29 is 19.2 Å². The maximum atomic E-state index is 11.6. The van der Waals surface area contributed by atoms with E-state index in [-0.39, 0.29) is 17.6 Å². The highest BCUT2D eigenvalue weighted by Crippen LogP contribution is 2.18. The molecule has 7 heteroatoms. The van der Waals surface area contributed by atoms with Crippen LogP contribution in [0.3, 0.4) is 0 Å². The van der Waals surface area contributed by atoms with Gasteiger partial charge in [-0.1, -0.05) is 0 Å². The Morgan fingerprint density at radius 3 is 2.55 bits per heavy atom. The van der Waals surface area contributed by atoms with Crippen molar-refractivity contribution in [2.45, 2.75) is 31.9 Å². The minimum atomic E-state index is -0.852. The van der Waals surface area contributed by atoms with E-state index in [0.717, 1.165) is 12.8 Å². The van der Waals surface area contributed by atoms with Crippen LogP contribution in [0.15, 0.2) is 30.3 Å². The molecule has 22 heavy (non-hydrogen) atoms. The van der Waals surface area contributed by atoms with Crippen molar-refractivity contribution in [1.82, 2.24) is 5.32 Å². The smallest absolute Gasteiger partial charge is 0.331 e. The number of amides is 1. The van der Waals surface area contributed by atoms with E-state index >= 15 is 0 Å². The minimum Gasteiger partial charge on any atom is -0.449 e. The summed E-state index contributed by atoms with van der Waals surface area (Å²) < 4.78 is 4.98. The average molecular weight is 304 g/mol. The number of ether oxygens (including phenoxy) is 1. The number of hydrogen-bond donors (Lipinski definition) is 1. The molecule has 116 valence electrons. The van der Waals surface area contributed by atoms with Crippen LogP contribution in [0.1, 0.15) is 25.3 Å². The SMILES string of the molecule is C[C@@H](OC(=O)/C=C/c1ccc([N+](=O)[O-])cc1)C(=O)NC1CC1. The minimum absolute atomic E-state index is 0.0231. The van der Waals surface area contributed by atoms with Gasteiger partial charge in [-0.3, -0.25) is 14.9 Å². The number of esters is 1. The molecule has 2 rings (SSSR count). The van der Waals surface area contributed by atoms with E-state index in [0.29, 0.717) is 5.56 Å². The third-order valence-corrected chi connectivity index (χ3v) is 3.10. The largest absolute Gasteiger partial charge is 0.449 e. The van der Waals surface area contributed by atoms with Crippen LogP contribution in [0, 0.1) is 10.1 Å². The first-order valence-electron chi connectivity index (χ1n) is 6.89. The van der Waals surface area contributed by atoms with Gasteiger partial charge in [0.1, 0.15) is 0 Å². The standard InChI is InChI=1S/C15H16N2O5/c1-10(15(19)16-12-5-6-12)22-14(18)9-4-11-2-7-13(8-3-11)17(20)21/h2-4,7-10,12H,5-6H2,1H3,(H,16,19)/b9-4+/t10-/m1/s1. The topological polar surface area (TPSA) is 98.5 Å². The number of nitrogens with zero attached hydrogens (tertiary/aromatic N) is 1. The molecule has 0 aromatic heterocycles. The first kappa shape index (κ1) is 15.7. The normalized spacial score (nSPS) is 15.3. The average Bonchev–Trinajstić information content (AvgIpc) is 3.29. The third-order valence-electron chi connectivity index (χ3n) is 3.10. The lowest BCUT2D eigenvalue weighted by Gasteiger charge is -2.11. The number of nitro groups is 1. The van der Waals surface area contributed by atoms with E-state index in [2.05, 4.69) is 5.32 Å². The Labute approximate surface area is 127 Å². The molecule has 1 N–H and O–H groups in total. The summed E-state index contributed by atoms with van der Waals surface area (Å²) in [6.45, 7) is 1.51. The Bertz CT molecular complexity index is 605. The number of carbonyl (C=O) groups is 2. The molecular formula is C15H16N2O5. The van der Waals surface area contributed by atoms with Crippen molar-refractivity contribution in [3.63, 3.8) is 0 Å². The number of nitro benzene ring substituents is 1. The number of benzene rings is 1. The quantitative estimate of drug-likeness (QED) is 0.374. The van der Waals surface area contributed by atoms with Crippen molar-refractivity contribution in [3.05, 3.63) is 46.0 Å². The van der Waals surface area contributed by atoms with E-state index in [4.69, 9.17) is 4.74 Å². The van der Waals surface area contributed by atoms with Crippen LogP contribution in [0.4, 0.5) is 5.69 Å². The molecule has 1 atom stereocenters. The van der Waals surface area contributed by atoms with E-state index in [1.807, 2.05) is 0 Å². The Morgan fingerprint density at radius 2 is 2.00 bits per heavy atom. The number of carbonyl (C=O) groups excluding carboxylic acids is 2. The van der Waals surface area contributed by atoms with Gasteiger partial charge < -0.3 is 10.1 Å². The Morgan fingerprint density at radius 1 is 1.36 bits per heavy atom. The summed E-state index contributed by atoms with van der Waals surface area (Å²) in [6, 6.07) is 5.94. The second-order valence-electron chi connectivity index (χ2n) is 5.04. The lowest BCUT2D eigenvalue weighted by atomic mass is 10.2. The van der Waals surface area contributed by atoms with E-state index in [1.165, 1.54) is 43.3 Å². The zero-order valence-electron chi connectivity index (χ0n) is 12.0. The summed E-state index contributed by atoms with van der Waals surface area (Å²) in [6.07, 6.45) is 3.73. The summed E-state index contributed by atoms with van der Waals surface area (Å²) in [5, 5.41) is 13.3. The molecule has 0 radical (unpaired) electrons. The van der Waals surface area contributed by atoms with Crippen molar-refractivity contribution >= 4 is 23.6 Å². The molecule has 1 aliphatic rings. The van der Waals surface area contributed by atoms with Gasteiger partial charge in [0.25, 0.3) is 11.6 Å². The molecule has 0 aliphatic heterocycles. The summed E-state index contributed by atoms with van der Waals surface area (Å²) in [4.78, 5) is 33.3. The number of non-ortho nitro benzene ring substituents is 1. The van der Waals surface area contributed by atoms with Gasteiger partial charge in [0.15, 0.2) is 6.10 Å². The Kier molecular flexibility index (Phi) is 4.88. The molecule has 0 spiro atoms. The molecule has 7 nitrogen and oxygen atoms in total. The molecule has 1 amide bonds. The maximum Gasteiger partial charge on any atom is 0.331 e. The van der Waals surface area contributed by atoms with Crippen LogP contribution in [0.5, 0.6) is 0 Å². The number of nitrogens with one attached hydrogen (secondary N) is 1. The van der Waals surface area contributed by atoms with E-state index in [1.54, 1.807) is 0 Å². The van der Waals surface area contributed by atoms with Crippen LogP contribution in [0.2, 0.25) is 0 Å². The fourth-order valence-corrected chi connectivity index (χ4v) is 1.68. The summed E-state index contributed by atoms with van der Waals surface area (Å²) in [5.74, 6) is -0.948. The Hall–Kier alpha value is -2.70. The zero-order valence-corrected chi connectivity index (χ0v) is 12.0. The summed E-state index contributed by atoms with van der Waals surface area (Å²) >= 11 is 0. The van der Waals surface area contributed by atoms with Gasteiger partial charge in [0.2, 0.25) is 0 Å². The van der Waals surface area contributed by atoms with Gasteiger partial charge >= 0.3 is 5.97 Å². The second kappa shape index (κ2) is 6.84. The maximum absolute atomic E-state index is 11.6. The highest BCUT2D eigenvalue weighted by atomic mass is 16.6. The van der Waals surface area contributed by atoms with E-state index in [9.17, 15) is 19.7 Å².